The number of aliphatic carboxylic acids is 1. The molecule has 102 valence electrons. The van der Waals surface area contributed by atoms with Crippen LogP contribution in [0.1, 0.15) is 26.7 Å². The standard InChI is InChI=1S/C13H22N2O3/c1-4-14(8-10(2)3)13(18)15-7-5-6-11(9-15)12(16)17/h11H,2,4-9H2,1,3H3,(H,16,17)/t11-/m1/s1. The maximum atomic E-state index is 12.3. The van der Waals surface area contributed by atoms with E-state index in [-0.39, 0.29) is 6.03 Å². The summed E-state index contributed by atoms with van der Waals surface area (Å²) in [5.74, 6) is -1.23. The Bertz CT molecular complexity index is 341. The average Bonchev–Trinajstić information content (AvgIpc) is 2.35. The lowest BCUT2D eigenvalue weighted by Gasteiger charge is -2.35. The molecule has 0 bridgehead atoms. The Kier molecular flexibility index (Phi) is 5.19. The number of hydrogen-bond acceptors (Lipinski definition) is 2. The van der Waals surface area contributed by atoms with Crippen molar-refractivity contribution in [3.63, 3.8) is 0 Å². The molecule has 0 radical (unpaired) electrons. The number of carboxylic acids is 1. The molecule has 0 aliphatic carbocycles. The normalized spacial score (nSPS) is 19.4. The maximum Gasteiger partial charge on any atom is 0.320 e. The van der Waals surface area contributed by atoms with E-state index in [1.54, 1.807) is 9.80 Å². The van der Waals surface area contributed by atoms with Crippen LogP contribution in [0.4, 0.5) is 4.79 Å². The van der Waals surface area contributed by atoms with E-state index in [4.69, 9.17) is 5.11 Å². The van der Waals surface area contributed by atoms with Gasteiger partial charge in [0.25, 0.3) is 0 Å². The van der Waals surface area contributed by atoms with E-state index < -0.39 is 11.9 Å². The third-order valence-electron chi connectivity index (χ3n) is 3.15. The molecule has 1 aliphatic heterocycles. The molecular formula is C13H22N2O3. The van der Waals surface area contributed by atoms with Gasteiger partial charge in [-0.1, -0.05) is 12.2 Å². The first-order valence-corrected chi connectivity index (χ1v) is 6.36. The first kappa shape index (κ1) is 14.5. The summed E-state index contributed by atoms with van der Waals surface area (Å²) in [7, 11) is 0. The van der Waals surface area contributed by atoms with Gasteiger partial charge in [0, 0.05) is 26.2 Å². The van der Waals surface area contributed by atoms with E-state index in [9.17, 15) is 9.59 Å². The molecule has 1 saturated heterocycles. The van der Waals surface area contributed by atoms with Crippen LogP contribution in [-0.4, -0.2) is 53.1 Å². The molecule has 1 atom stereocenters. The van der Waals surface area contributed by atoms with Crippen LogP contribution >= 0.6 is 0 Å². The molecular weight excluding hydrogens is 232 g/mol. The molecule has 18 heavy (non-hydrogen) atoms. The molecule has 1 N–H and O–H groups in total. The molecule has 1 aliphatic rings. The molecule has 0 aromatic heterocycles. The number of urea groups is 1. The SMILES string of the molecule is C=C(C)CN(CC)C(=O)N1CCC[C@@H](C(=O)O)C1. The number of carbonyl (C=O) groups is 2. The molecule has 5 nitrogen and oxygen atoms in total. The number of amides is 2. The quantitative estimate of drug-likeness (QED) is 0.778. The highest BCUT2D eigenvalue weighted by Crippen LogP contribution is 2.18. The van der Waals surface area contributed by atoms with Gasteiger partial charge >= 0.3 is 12.0 Å². The highest BCUT2D eigenvalue weighted by molar-refractivity contribution is 5.77. The Morgan fingerprint density at radius 1 is 1.50 bits per heavy atom. The van der Waals surface area contributed by atoms with E-state index in [2.05, 4.69) is 6.58 Å². The van der Waals surface area contributed by atoms with Gasteiger partial charge in [-0.15, -0.1) is 0 Å². The van der Waals surface area contributed by atoms with Crippen LogP contribution in [0.5, 0.6) is 0 Å². The van der Waals surface area contributed by atoms with Crippen LogP contribution in [-0.2, 0) is 4.79 Å². The van der Waals surface area contributed by atoms with Crippen LogP contribution in [0.3, 0.4) is 0 Å². The lowest BCUT2D eigenvalue weighted by molar-refractivity contribution is -0.143. The Hall–Kier alpha value is -1.52. The average molecular weight is 254 g/mol. The maximum absolute atomic E-state index is 12.3. The molecule has 0 saturated carbocycles. The van der Waals surface area contributed by atoms with E-state index in [1.165, 1.54) is 0 Å². The monoisotopic (exact) mass is 254 g/mol. The van der Waals surface area contributed by atoms with Crippen molar-refractivity contribution in [3.8, 4) is 0 Å². The Labute approximate surface area is 108 Å². The minimum absolute atomic E-state index is 0.0774. The van der Waals surface area contributed by atoms with Gasteiger partial charge in [0.1, 0.15) is 0 Å². The summed E-state index contributed by atoms with van der Waals surface area (Å²) in [5.41, 5.74) is 0.928. The number of rotatable bonds is 4. The number of carboxylic acid groups (broad SMARTS) is 1. The third-order valence-corrected chi connectivity index (χ3v) is 3.15. The van der Waals surface area contributed by atoms with Gasteiger partial charge in [-0.25, -0.2) is 4.79 Å². The van der Waals surface area contributed by atoms with Gasteiger partial charge in [0.05, 0.1) is 5.92 Å². The second-order valence-corrected chi connectivity index (χ2v) is 4.88. The molecule has 0 aromatic carbocycles. The Morgan fingerprint density at radius 2 is 2.17 bits per heavy atom. The number of carbonyl (C=O) groups excluding carboxylic acids is 1. The topological polar surface area (TPSA) is 60.9 Å². The van der Waals surface area contributed by atoms with Crippen molar-refractivity contribution in [2.24, 2.45) is 5.92 Å². The van der Waals surface area contributed by atoms with E-state index in [0.29, 0.717) is 32.6 Å². The number of nitrogens with zero attached hydrogens (tertiary/aromatic N) is 2. The van der Waals surface area contributed by atoms with Crippen molar-refractivity contribution in [2.75, 3.05) is 26.2 Å². The van der Waals surface area contributed by atoms with Gasteiger partial charge in [0.15, 0.2) is 0 Å². The lowest BCUT2D eigenvalue weighted by Crippen LogP contribution is -2.49. The second-order valence-electron chi connectivity index (χ2n) is 4.88. The fourth-order valence-corrected chi connectivity index (χ4v) is 2.19. The number of likely N-dealkylation sites (tertiary alicyclic amines) is 1. The first-order chi connectivity index (χ1) is 8.45. The van der Waals surface area contributed by atoms with Crippen molar-refractivity contribution in [3.05, 3.63) is 12.2 Å². The van der Waals surface area contributed by atoms with Crippen LogP contribution < -0.4 is 0 Å². The molecule has 0 spiro atoms. The van der Waals surface area contributed by atoms with Gasteiger partial charge in [-0.3, -0.25) is 4.79 Å². The number of piperidine rings is 1. The highest BCUT2D eigenvalue weighted by atomic mass is 16.4. The summed E-state index contributed by atoms with van der Waals surface area (Å²) in [5, 5.41) is 9.01. The minimum atomic E-state index is -0.810. The zero-order valence-corrected chi connectivity index (χ0v) is 11.2. The van der Waals surface area contributed by atoms with Crippen molar-refractivity contribution in [1.29, 1.82) is 0 Å². The van der Waals surface area contributed by atoms with Crippen molar-refractivity contribution < 1.29 is 14.7 Å². The highest BCUT2D eigenvalue weighted by Gasteiger charge is 2.29. The molecule has 1 rings (SSSR count). The number of hydrogen-bond donors (Lipinski definition) is 1. The summed E-state index contributed by atoms with van der Waals surface area (Å²) >= 11 is 0. The molecule has 1 heterocycles. The van der Waals surface area contributed by atoms with Crippen LogP contribution in [0.2, 0.25) is 0 Å². The predicted octanol–water partition coefficient (Wildman–Crippen LogP) is 1.80. The number of likely N-dealkylation sites (N-methyl/N-ethyl adjacent to an activating group) is 1. The molecule has 1 fully saturated rings. The third kappa shape index (κ3) is 3.75. The van der Waals surface area contributed by atoms with Gasteiger partial charge < -0.3 is 14.9 Å². The zero-order valence-electron chi connectivity index (χ0n) is 11.2. The first-order valence-electron chi connectivity index (χ1n) is 6.36. The predicted molar refractivity (Wildman–Crippen MR) is 69.4 cm³/mol. The van der Waals surface area contributed by atoms with Crippen molar-refractivity contribution in [2.45, 2.75) is 26.7 Å². The molecule has 0 unspecified atom stereocenters. The Balaban J connectivity index is 2.64. The largest absolute Gasteiger partial charge is 0.481 e. The fourth-order valence-electron chi connectivity index (χ4n) is 2.19. The van der Waals surface area contributed by atoms with Gasteiger partial charge in [-0.05, 0) is 26.7 Å². The Morgan fingerprint density at radius 3 is 2.67 bits per heavy atom. The van der Waals surface area contributed by atoms with E-state index in [0.717, 1.165) is 12.0 Å². The van der Waals surface area contributed by atoms with Crippen molar-refractivity contribution >= 4 is 12.0 Å². The van der Waals surface area contributed by atoms with E-state index in [1.807, 2.05) is 13.8 Å². The van der Waals surface area contributed by atoms with Crippen LogP contribution in [0.25, 0.3) is 0 Å². The summed E-state index contributed by atoms with van der Waals surface area (Å²) in [6.45, 7) is 9.72. The van der Waals surface area contributed by atoms with Crippen LogP contribution in [0.15, 0.2) is 12.2 Å². The zero-order chi connectivity index (χ0) is 13.7. The second kappa shape index (κ2) is 6.42. The van der Waals surface area contributed by atoms with Crippen LogP contribution in [0, 0.1) is 5.92 Å². The smallest absolute Gasteiger partial charge is 0.320 e. The summed E-state index contributed by atoms with van der Waals surface area (Å²) in [6, 6.07) is -0.0774. The fraction of sp³-hybridized carbons (Fsp3) is 0.692. The lowest BCUT2D eigenvalue weighted by atomic mass is 9.98. The summed E-state index contributed by atoms with van der Waals surface area (Å²) in [6.07, 6.45) is 1.42. The summed E-state index contributed by atoms with van der Waals surface area (Å²) < 4.78 is 0. The van der Waals surface area contributed by atoms with Gasteiger partial charge in [-0.2, -0.15) is 0 Å². The molecule has 0 aromatic rings. The molecule has 2 amide bonds. The molecule has 5 heteroatoms. The van der Waals surface area contributed by atoms with Crippen molar-refractivity contribution in [1.82, 2.24) is 9.80 Å². The van der Waals surface area contributed by atoms with Gasteiger partial charge in [0.2, 0.25) is 0 Å². The summed E-state index contributed by atoms with van der Waals surface area (Å²) in [4.78, 5) is 26.6. The minimum Gasteiger partial charge on any atom is -0.481 e. The van der Waals surface area contributed by atoms with E-state index >= 15 is 0 Å².